The minimum atomic E-state index is 0.713. The summed E-state index contributed by atoms with van der Waals surface area (Å²) in [5, 5.41) is 1.78. The summed E-state index contributed by atoms with van der Waals surface area (Å²) in [5.41, 5.74) is 0. The fourth-order valence-corrected chi connectivity index (χ4v) is 0.482. The maximum Gasteiger partial charge on any atom is 0.0239 e. The second-order valence-corrected chi connectivity index (χ2v) is 1.90. The quantitative estimate of drug-likeness (QED) is 0.358. The van der Waals surface area contributed by atoms with Crippen LogP contribution in [-0.4, -0.2) is 18.1 Å². The highest BCUT2D eigenvalue weighted by Crippen LogP contribution is 2.22. The second kappa shape index (κ2) is 1.21. The fourth-order valence-electron chi connectivity index (χ4n) is 0.482. The molecule has 1 aliphatic rings. The van der Waals surface area contributed by atoms with Crippen LogP contribution in [0, 0.1) is 0 Å². The van der Waals surface area contributed by atoms with E-state index in [-0.39, 0.29) is 0 Å². The maximum absolute atomic E-state index is 5.33. The van der Waals surface area contributed by atoms with Crippen LogP contribution >= 0.6 is 0 Å². The third-order valence-electron chi connectivity index (χ3n) is 1.12. The largest absolute Gasteiger partial charge is 0.269 e. The van der Waals surface area contributed by atoms with Gasteiger partial charge in [0.05, 0.1) is 0 Å². The lowest BCUT2D eigenvalue weighted by Crippen LogP contribution is -2.27. The maximum atomic E-state index is 5.33. The Kier molecular flexibility index (Phi) is 0.821. The van der Waals surface area contributed by atoms with Crippen molar-refractivity contribution in [2.24, 2.45) is 5.84 Å². The molecular formula is C4H10N2. The topological polar surface area (TPSA) is 29.3 Å². The molecule has 2 nitrogen and oxygen atoms in total. The lowest BCUT2D eigenvalue weighted by Gasteiger charge is -2.03. The minimum Gasteiger partial charge on any atom is -0.269 e. The molecule has 0 spiro atoms. The summed E-state index contributed by atoms with van der Waals surface area (Å²) in [4.78, 5) is 0. The zero-order chi connectivity index (χ0) is 4.57. The molecule has 2 heteroatoms. The van der Waals surface area contributed by atoms with Gasteiger partial charge in [0.25, 0.3) is 0 Å². The van der Waals surface area contributed by atoms with Gasteiger partial charge in [-0.3, -0.25) is 5.84 Å². The van der Waals surface area contributed by atoms with Gasteiger partial charge in [-0.2, -0.15) is 0 Å². The first-order chi connectivity index (χ1) is 2.80. The monoisotopic (exact) mass is 86.1 g/mol. The molecule has 0 amide bonds. The van der Waals surface area contributed by atoms with Crippen LogP contribution in [0.5, 0.6) is 0 Å². The highest BCUT2D eigenvalue weighted by molar-refractivity contribution is 4.78. The second-order valence-electron chi connectivity index (χ2n) is 1.90. The zero-order valence-corrected chi connectivity index (χ0v) is 4.02. The van der Waals surface area contributed by atoms with Crippen molar-refractivity contribution < 1.29 is 0 Å². The van der Waals surface area contributed by atoms with Gasteiger partial charge in [0.1, 0.15) is 0 Å². The van der Waals surface area contributed by atoms with Crippen LogP contribution in [-0.2, 0) is 0 Å². The predicted octanol–water partition coefficient (Wildman–Crippen LogP) is -0.0457. The molecule has 0 atom stereocenters. The van der Waals surface area contributed by atoms with Crippen LogP contribution in [0.2, 0.25) is 0 Å². The molecule has 2 N–H and O–H groups in total. The van der Waals surface area contributed by atoms with Crippen LogP contribution < -0.4 is 5.84 Å². The molecule has 0 heterocycles. The summed E-state index contributed by atoms with van der Waals surface area (Å²) in [7, 11) is 1.91. The molecule has 1 fully saturated rings. The molecular weight excluding hydrogens is 76.1 g/mol. The van der Waals surface area contributed by atoms with Crippen molar-refractivity contribution >= 4 is 0 Å². The van der Waals surface area contributed by atoms with Crippen molar-refractivity contribution in [1.82, 2.24) is 5.01 Å². The smallest absolute Gasteiger partial charge is 0.0239 e. The third-order valence-corrected chi connectivity index (χ3v) is 1.12. The summed E-state index contributed by atoms with van der Waals surface area (Å²) in [6.45, 7) is 0. The Morgan fingerprint density at radius 3 is 2.17 bits per heavy atom. The van der Waals surface area contributed by atoms with Gasteiger partial charge in [0.2, 0.25) is 0 Å². The molecule has 0 radical (unpaired) electrons. The number of nitrogens with zero attached hydrogens (tertiary/aromatic N) is 1. The standard InChI is InChI=1S/C4H10N2/c1-6(5)4-2-3-4/h4H,2-3,5H2,1H3. The van der Waals surface area contributed by atoms with E-state index in [9.17, 15) is 0 Å². The van der Waals surface area contributed by atoms with E-state index in [1.807, 2.05) is 7.05 Å². The molecule has 0 bridgehead atoms. The van der Waals surface area contributed by atoms with E-state index in [2.05, 4.69) is 0 Å². The van der Waals surface area contributed by atoms with Gasteiger partial charge >= 0.3 is 0 Å². The molecule has 0 aromatic heterocycles. The average molecular weight is 86.1 g/mol. The number of hydrogen-bond acceptors (Lipinski definition) is 2. The number of hydrazine groups is 1. The molecule has 0 saturated heterocycles. The lowest BCUT2D eigenvalue weighted by atomic mass is 10.7. The number of nitrogens with two attached hydrogens (primary N) is 1. The molecule has 1 aliphatic carbocycles. The summed E-state index contributed by atoms with van der Waals surface area (Å²) < 4.78 is 0. The highest BCUT2D eigenvalue weighted by atomic mass is 15.4. The molecule has 36 valence electrons. The van der Waals surface area contributed by atoms with Gasteiger partial charge in [0, 0.05) is 13.1 Å². The Labute approximate surface area is 37.9 Å². The number of rotatable bonds is 1. The minimum absolute atomic E-state index is 0.713. The molecule has 0 aromatic carbocycles. The summed E-state index contributed by atoms with van der Waals surface area (Å²) in [6.07, 6.45) is 2.60. The zero-order valence-electron chi connectivity index (χ0n) is 4.02. The van der Waals surface area contributed by atoms with E-state index in [0.29, 0.717) is 6.04 Å². The van der Waals surface area contributed by atoms with Crippen LogP contribution in [0.1, 0.15) is 12.8 Å². The summed E-state index contributed by atoms with van der Waals surface area (Å²) in [5.74, 6) is 5.33. The van der Waals surface area contributed by atoms with E-state index in [1.54, 1.807) is 5.01 Å². The Hall–Kier alpha value is -0.0800. The molecule has 0 aliphatic heterocycles. The van der Waals surface area contributed by atoms with Crippen LogP contribution in [0.25, 0.3) is 0 Å². The Morgan fingerprint density at radius 2 is 2.17 bits per heavy atom. The Morgan fingerprint density at radius 1 is 1.67 bits per heavy atom. The first-order valence-corrected chi connectivity index (χ1v) is 2.28. The highest BCUT2D eigenvalue weighted by Gasteiger charge is 2.23. The Balaban J connectivity index is 2.13. The van der Waals surface area contributed by atoms with Gasteiger partial charge in [-0.05, 0) is 12.8 Å². The number of hydrogen-bond donors (Lipinski definition) is 1. The summed E-state index contributed by atoms with van der Waals surface area (Å²) >= 11 is 0. The van der Waals surface area contributed by atoms with Gasteiger partial charge < -0.3 is 0 Å². The summed E-state index contributed by atoms with van der Waals surface area (Å²) in [6, 6.07) is 0.713. The molecule has 1 saturated carbocycles. The van der Waals surface area contributed by atoms with E-state index in [0.717, 1.165) is 0 Å². The van der Waals surface area contributed by atoms with Crippen molar-refractivity contribution in [1.29, 1.82) is 0 Å². The van der Waals surface area contributed by atoms with Crippen molar-refractivity contribution in [2.75, 3.05) is 7.05 Å². The Bertz CT molecular complexity index is 47.5. The van der Waals surface area contributed by atoms with Crippen LogP contribution in [0.15, 0.2) is 0 Å². The molecule has 0 aromatic rings. The molecule has 1 rings (SSSR count). The predicted molar refractivity (Wildman–Crippen MR) is 25.0 cm³/mol. The van der Waals surface area contributed by atoms with E-state index >= 15 is 0 Å². The molecule has 6 heavy (non-hydrogen) atoms. The first kappa shape index (κ1) is 4.09. The van der Waals surface area contributed by atoms with E-state index < -0.39 is 0 Å². The average Bonchev–Trinajstić information content (AvgIpc) is 2.06. The lowest BCUT2D eigenvalue weighted by molar-refractivity contribution is 0.338. The van der Waals surface area contributed by atoms with Gasteiger partial charge in [-0.15, -0.1) is 0 Å². The van der Waals surface area contributed by atoms with Crippen LogP contribution in [0.4, 0.5) is 0 Å². The van der Waals surface area contributed by atoms with E-state index in [4.69, 9.17) is 5.84 Å². The van der Waals surface area contributed by atoms with Gasteiger partial charge in [-0.1, -0.05) is 0 Å². The van der Waals surface area contributed by atoms with Crippen molar-refractivity contribution in [3.8, 4) is 0 Å². The third kappa shape index (κ3) is 0.698. The SMILES string of the molecule is CN(N)C1CC1. The van der Waals surface area contributed by atoms with Gasteiger partial charge in [-0.25, -0.2) is 5.01 Å². The van der Waals surface area contributed by atoms with Gasteiger partial charge in [0.15, 0.2) is 0 Å². The fraction of sp³-hybridized carbons (Fsp3) is 1.00. The normalized spacial score (nSPS) is 22.5. The van der Waals surface area contributed by atoms with E-state index in [1.165, 1.54) is 12.8 Å². The van der Waals surface area contributed by atoms with Crippen molar-refractivity contribution in [3.63, 3.8) is 0 Å². The van der Waals surface area contributed by atoms with Crippen molar-refractivity contribution in [3.05, 3.63) is 0 Å². The van der Waals surface area contributed by atoms with Crippen LogP contribution in [0.3, 0.4) is 0 Å². The molecule has 0 unspecified atom stereocenters. The van der Waals surface area contributed by atoms with Crippen molar-refractivity contribution in [2.45, 2.75) is 18.9 Å². The first-order valence-electron chi connectivity index (χ1n) is 2.28.